The number of benzene rings is 1. The van der Waals surface area contributed by atoms with Crippen molar-refractivity contribution < 1.29 is 51.4 Å². The molecule has 3 rings (SSSR count). The maximum absolute atomic E-state index is 13.2. The Hall–Kier alpha value is -4.82. The molecule has 1 unspecified atom stereocenters. The number of carbonyl (C=O) groups is 6. The molecule has 1 N–H and O–H groups in total. The number of piperazine rings is 1. The Kier molecular flexibility index (Phi) is 9.76. The zero-order chi connectivity index (χ0) is 30.3. The molecule has 0 bridgehead atoms. The predicted octanol–water partition coefficient (Wildman–Crippen LogP) is 1.10. The van der Waals surface area contributed by atoms with Gasteiger partial charge in [0.1, 0.15) is 18.6 Å². The Morgan fingerprint density at radius 1 is 1.00 bits per heavy atom. The van der Waals surface area contributed by atoms with Crippen molar-refractivity contribution in [2.24, 2.45) is 0 Å². The number of hydrogen-bond donors (Lipinski definition) is 1. The van der Waals surface area contributed by atoms with Crippen LogP contribution in [-0.2, 0) is 33.4 Å². The Morgan fingerprint density at radius 3 is 2.20 bits per heavy atom. The summed E-state index contributed by atoms with van der Waals surface area (Å²) in [5, 5.41) is 2.53. The van der Waals surface area contributed by atoms with Gasteiger partial charge in [0.05, 0.1) is 13.5 Å². The van der Waals surface area contributed by atoms with Crippen LogP contribution in [0.5, 0.6) is 0 Å². The Labute approximate surface area is 231 Å². The van der Waals surface area contributed by atoms with E-state index in [4.69, 9.17) is 0 Å². The summed E-state index contributed by atoms with van der Waals surface area (Å²) in [5.41, 5.74) is 1.97. The minimum Gasteiger partial charge on any atom is -0.469 e. The largest absolute Gasteiger partial charge is 0.491 e. The smallest absolute Gasteiger partial charge is 0.469 e. The van der Waals surface area contributed by atoms with E-state index in [2.05, 4.69) is 19.8 Å². The van der Waals surface area contributed by atoms with E-state index in [0.29, 0.717) is 0 Å². The molecule has 1 fully saturated rings. The Balaban J connectivity index is 1.68. The van der Waals surface area contributed by atoms with Crippen LogP contribution in [0.1, 0.15) is 23.7 Å². The van der Waals surface area contributed by atoms with Crippen molar-refractivity contribution in [3.63, 3.8) is 0 Å². The van der Waals surface area contributed by atoms with Crippen molar-refractivity contribution in [1.29, 1.82) is 0 Å². The van der Waals surface area contributed by atoms with Crippen molar-refractivity contribution in [3.05, 3.63) is 54.4 Å². The van der Waals surface area contributed by atoms with Crippen LogP contribution in [0.2, 0.25) is 0 Å². The lowest BCUT2D eigenvalue weighted by atomic mass is 10.0. The van der Waals surface area contributed by atoms with Gasteiger partial charge < -0.3 is 24.6 Å². The number of halogens is 3. The number of ether oxygens (including phenoxy) is 2. The van der Waals surface area contributed by atoms with Crippen molar-refractivity contribution in [2.45, 2.75) is 31.6 Å². The fourth-order valence-corrected chi connectivity index (χ4v) is 4.00. The average Bonchev–Trinajstić information content (AvgIpc) is 2.94. The first kappa shape index (κ1) is 30.7. The maximum atomic E-state index is 13.2. The molecule has 1 aliphatic rings. The molecule has 2 aromatic rings. The van der Waals surface area contributed by atoms with Gasteiger partial charge in [-0.05, 0) is 42.3 Å². The molecule has 1 aliphatic heterocycles. The molecule has 3 amide bonds. The molecular weight excluding hydrogens is 553 g/mol. The second-order valence-corrected chi connectivity index (χ2v) is 8.86. The average molecular weight is 579 g/mol. The number of aromatic nitrogens is 1. The van der Waals surface area contributed by atoms with Crippen LogP contribution < -0.4 is 5.32 Å². The molecule has 41 heavy (non-hydrogen) atoms. The molecule has 2 atom stereocenters. The monoisotopic (exact) mass is 578 g/mol. The van der Waals surface area contributed by atoms with Gasteiger partial charge in [0.25, 0.3) is 5.91 Å². The number of nitrogens with zero attached hydrogens (tertiary/aromatic N) is 3. The molecule has 0 aliphatic carbocycles. The third kappa shape index (κ3) is 7.86. The van der Waals surface area contributed by atoms with E-state index in [1.165, 1.54) is 6.92 Å². The van der Waals surface area contributed by atoms with Crippen LogP contribution in [0, 0.1) is 0 Å². The number of methoxy groups -OCH3 is 1. The molecule has 1 aromatic carbocycles. The highest BCUT2D eigenvalue weighted by atomic mass is 19.4. The number of nitrogens with one attached hydrogen (secondary N) is 1. The van der Waals surface area contributed by atoms with E-state index in [1.54, 1.807) is 48.8 Å². The summed E-state index contributed by atoms with van der Waals surface area (Å²) in [6.45, 7) is -0.220. The molecule has 1 aromatic heterocycles. The fourth-order valence-electron chi connectivity index (χ4n) is 4.00. The normalized spacial score (nSPS) is 16.0. The van der Waals surface area contributed by atoms with Crippen molar-refractivity contribution in [2.75, 3.05) is 26.7 Å². The minimum atomic E-state index is -5.42. The second kappa shape index (κ2) is 13.0. The molecule has 218 valence electrons. The first-order valence-corrected chi connectivity index (χ1v) is 12.1. The molecule has 1 saturated heterocycles. The standard InChI is InChI=1S/C26H25F3N4O8/c1-15(31-22(36)18-5-3-16(4-6-18)17-7-9-30-10-8-17)23(37)33-12-11-32(24(38)19(33)13-20(34)40-2)14-21(35)41-25(39)26(27,28)29/h3-10,15,19H,11-14H2,1-2H3,(H,31,36)/t15?,19-/m0/s1. The van der Waals surface area contributed by atoms with Gasteiger partial charge in [-0.15, -0.1) is 0 Å². The quantitative estimate of drug-likeness (QED) is 0.359. The van der Waals surface area contributed by atoms with Gasteiger partial charge in [0, 0.05) is 31.0 Å². The van der Waals surface area contributed by atoms with Crippen LogP contribution in [-0.4, -0.2) is 95.4 Å². The van der Waals surface area contributed by atoms with Gasteiger partial charge in [0.15, 0.2) is 0 Å². The molecule has 15 heteroatoms. The highest BCUT2D eigenvalue weighted by molar-refractivity contribution is 6.00. The van der Waals surface area contributed by atoms with Crippen molar-refractivity contribution >= 4 is 35.6 Å². The molecule has 0 radical (unpaired) electrons. The van der Waals surface area contributed by atoms with E-state index >= 15 is 0 Å². The number of carbonyl (C=O) groups excluding carboxylic acids is 6. The zero-order valence-electron chi connectivity index (χ0n) is 21.8. The van der Waals surface area contributed by atoms with E-state index < -0.39 is 66.9 Å². The third-order valence-corrected chi connectivity index (χ3v) is 6.09. The van der Waals surface area contributed by atoms with Crippen LogP contribution >= 0.6 is 0 Å². The molecule has 0 spiro atoms. The van der Waals surface area contributed by atoms with Crippen molar-refractivity contribution in [3.8, 4) is 11.1 Å². The van der Waals surface area contributed by atoms with Gasteiger partial charge in [-0.1, -0.05) is 12.1 Å². The van der Waals surface area contributed by atoms with E-state index in [9.17, 15) is 41.9 Å². The maximum Gasteiger partial charge on any atom is 0.491 e. The summed E-state index contributed by atoms with van der Waals surface area (Å²) >= 11 is 0. The second-order valence-electron chi connectivity index (χ2n) is 8.86. The van der Waals surface area contributed by atoms with Crippen LogP contribution in [0.25, 0.3) is 11.1 Å². The fraction of sp³-hybridized carbons (Fsp3) is 0.346. The number of rotatable bonds is 8. The Bertz CT molecular complexity index is 1320. The zero-order valence-corrected chi connectivity index (χ0v) is 21.8. The van der Waals surface area contributed by atoms with E-state index in [1.807, 2.05) is 0 Å². The first-order valence-electron chi connectivity index (χ1n) is 12.1. The van der Waals surface area contributed by atoms with Gasteiger partial charge in [-0.25, -0.2) is 9.59 Å². The highest BCUT2D eigenvalue weighted by Gasteiger charge is 2.44. The van der Waals surface area contributed by atoms with Gasteiger partial charge in [-0.3, -0.25) is 24.2 Å². The lowest BCUT2D eigenvalue weighted by Crippen LogP contribution is -2.62. The molecule has 0 saturated carbocycles. The summed E-state index contributed by atoms with van der Waals surface area (Å²) in [5.74, 6) is -7.55. The van der Waals surface area contributed by atoms with Crippen LogP contribution in [0.4, 0.5) is 13.2 Å². The number of pyridine rings is 1. The number of hydrogen-bond acceptors (Lipinski definition) is 9. The van der Waals surface area contributed by atoms with Crippen molar-refractivity contribution in [1.82, 2.24) is 20.1 Å². The third-order valence-electron chi connectivity index (χ3n) is 6.09. The molecular formula is C26H25F3N4O8. The number of esters is 3. The Morgan fingerprint density at radius 2 is 1.61 bits per heavy atom. The summed E-state index contributed by atoms with van der Waals surface area (Å²) in [7, 11) is 1.04. The first-order chi connectivity index (χ1) is 19.3. The molecule has 12 nitrogen and oxygen atoms in total. The van der Waals surface area contributed by atoms with Gasteiger partial charge >= 0.3 is 24.1 Å². The van der Waals surface area contributed by atoms with E-state index in [0.717, 1.165) is 28.0 Å². The summed E-state index contributed by atoms with van der Waals surface area (Å²) in [6, 6.07) is 7.51. The van der Waals surface area contributed by atoms with Crippen LogP contribution in [0.15, 0.2) is 48.8 Å². The summed E-state index contributed by atoms with van der Waals surface area (Å²) in [6.07, 6.45) is -2.80. The SMILES string of the molecule is COC(=O)C[C@H]1C(=O)N(CC(=O)OC(=O)C(F)(F)F)CCN1C(=O)C(C)NC(=O)c1ccc(-c2ccncc2)cc1. The predicted molar refractivity (Wildman–Crippen MR) is 132 cm³/mol. The van der Waals surface area contributed by atoms with Crippen LogP contribution in [0.3, 0.4) is 0 Å². The van der Waals surface area contributed by atoms with E-state index in [-0.39, 0.29) is 18.7 Å². The summed E-state index contributed by atoms with van der Waals surface area (Å²) in [4.78, 5) is 79.5. The number of amides is 3. The highest BCUT2D eigenvalue weighted by Crippen LogP contribution is 2.21. The lowest BCUT2D eigenvalue weighted by Gasteiger charge is -2.40. The number of alkyl halides is 3. The van der Waals surface area contributed by atoms with Gasteiger partial charge in [0.2, 0.25) is 11.8 Å². The minimum absolute atomic E-state index is 0.242. The van der Waals surface area contributed by atoms with Gasteiger partial charge in [-0.2, -0.15) is 13.2 Å². The topological polar surface area (TPSA) is 152 Å². The lowest BCUT2D eigenvalue weighted by molar-refractivity contribution is -0.202. The summed E-state index contributed by atoms with van der Waals surface area (Å²) < 4.78 is 45.4. The molecule has 2 heterocycles.